The third-order valence-electron chi connectivity index (χ3n) is 4.21. The summed E-state index contributed by atoms with van der Waals surface area (Å²) in [7, 11) is 0. The highest BCUT2D eigenvalue weighted by atomic mass is 79.9. The van der Waals surface area contributed by atoms with Crippen molar-refractivity contribution in [3.05, 3.63) is 28.2 Å². The van der Waals surface area contributed by atoms with E-state index in [1.54, 1.807) is 0 Å². The summed E-state index contributed by atoms with van der Waals surface area (Å²) in [5.74, 6) is 0.830. The SMILES string of the molecule is Cc1ccc(Br)cc1NCC(O)COC1CCC(C)CC1. The van der Waals surface area contributed by atoms with Crippen LogP contribution in [0.4, 0.5) is 5.69 Å². The zero-order valence-electron chi connectivity index (χ0n) is 12.9. The third kappa shape index (κ3) is 5.61. The minimum Gasteiger partial charge on any atom is -0.389 e. The van der Waals surface area contributed by atoms with E-state index in [0.29, 0.717) is 19.3 Å². The first kappa shape index (κ1) is 16.8. The van der Waals surface area contributed by atoms with Gasteiger partial charge in [-0.1, -0.05) is 28.9 Å². The molecule has 118 valence electrons. The smallest absolute Gasteiger partial charge is 0.0945 e. The van der Waals surface area contributed by atoms with Crippen molar-refractivity contribution in [3.8, 4) is 0 Å². The third-order valence-corrected chi connectivity index (χ3v) is 4.71. The second kappa shape index (κ2) is 8.16. The average Bonchev–Trinajstić information content (AvgIpc) is 2.47. The molecule has 1 saturated carbocycles. The molecule has 3 nitrogen and oxygen atoms in total. The Morgan fingerprint density at radius 1 is 1.33 bits per heavy atom. The highest BCUT2D eigenvalue weighted by Crippen LogP contribution is 2.25. The lowest BCUT2D eigenvalue weighted by molar-refractivity contribution is -0.0245. The normalized spacial score (nSPS) is 23.8. The van der Waals surface area contributed by atoms with E-state index < -0.39 is 6.10 Å². The second-order valence-corrected chi connectivity index (χ2v) is 7.12. The summed E-state index contributed by atoms with van der Waals surface area (Å²) in [6.45, 7) is 5.29. The first-order chi connectivity index (χ1) is 10.0. The first-order valence-electron chi connectivity index (χ1n) is 7.84. The highest BCUT2D eigenvalue weighted by Gasteiger charge is 2.19. The molecule has 1 aromatic carbocycles. The number of ether oxygens (including phenoxy) is 1. The number of hydrogen-bond acceptors (Lipinski definition) is 3. The largest absolute Gasteiger partial charge is 0.389 e. The highest BCUT2D eigenvalue weighted by molar-refractivity contribution is 9.10. The number of anilines is 1. The van der Waals surface area contributed by atoms with Gasteiger partial charge in [-0.05, 0) is 56.2 Å². The zero-order valence-corrected chi connectivity index (χ0v) is 14.5. The van der Waals surface area contributed by atoms with Crippen LogP contribution >= 0.6 is 15.9 Å². The van der Waals surface area contributed by atoms with E-state index in [1.165, 1.54) is 18.4 Å². The molecule has 0 saturated heterocycles. The summed E-state index contributed by atoms with van der Waals surface area (Å²) in [4.78, 5) is 0. The molecular weight excluding hydrogens is 330 g/mol. The Hall–Kier alpha value is -0.580. The van der Waals surface area contributed by atoms with Gasteiger partial charge in [-0.3, -0.25) is 0 Å². The van der Waals surface area contributed by atoms with Gasteiger partial charge in [0.15, 0.2) is 0 Å². The zero-order chi connectivity index (χ0) is 15.2. The molecule has 0 aromatic heterocycles. The average molecular weight is 356 g/mol. The molecule has 1 atom stereocenters. The van der Waals surface area contributed by atoms with Crippen LogP contribution in [0.25, 0.3) is 0 Å². The Balaban J connectivity index is 1.70. The topological polar surface area (TPSA) is 41.5 Å². The van der Waals surface area contributed by atoms with Crippen molar-refractivity contribution in [2.45, 2.75) is 51.7 Å². The molecule has 1 aliphatic carbocycles. The van der Waals surface area contributed by atoms with Crippen molar-refractivity contribution in [2.75, 3.05) is 18.5 Å². The lowest BCUT2D eigenvalue weighted by atomic mass is 9.89. The molecule has 0 bridgehead atoms. The Labute approximate surface area is 136 Å². The standard InChI is InChI=1S/C17H26BrNO2/c1-12-3-7-16(8-4-12)21-11-15(20)10-19-17-9-14(18)6-5-13(17)2/h5-6,9,12,15-16,19-20H,3-4,7-8,10-11H2,1-2H3. The van der Waals surface area contributed by atoms with Crippen molar-refractivity contribution >= 4 is 21.6 Å². The number of aliphatic hydroxyl groups excluding tert-OH is 1. The van der Waals surface area contributed by atoms with Gasteiger partial charge in [0.25, 0.3) is 0 Å². The van der Waals surface area contributed by atoms with E-state index in [4.69, 9.17) is 4.74 Å². The number of halogens is 1. The van der Waals surface area contributed by atoms with Crippen molar-refractivity contribution in [3.63, 3.8) is 0 Å². The molecule has 0 heterocycles. The summed E-state index contributed by atoms with van der Waals surface area (Å²) < 4.78 is 6.88. The Morgan fingerprint density at radius 2 is 2.05 bits per heavy atom. The molecule has 1 aromatic rings. The molecule has 2 N–H and O–H groups in total. The van der Waals surface area contributed by atoms with E-state index in [1.807, 2.05) is 12.1 Å². The fraction of sp³-hybridized carbons (Fsp3) is 0.647. The summed E-state index contributed by atoms with van der Waals surface area (Å²) in [6.07, 6.45) is 4.62. The molecular formula is C17H26BrNO2. The Kier molecular flexibility index (Phi) is 6.52. The van der Waals surface area contributed by atoms with Gasteiger partial charge in [0.1, 0.15) is 0 Å². The number of nitrogens with one attached hydrogen (secondary N) is 1. The fourth-order valence-corrected chi connectivity index (χ4v) is 3.08. The van der Waals surface area contributed by atoms with Crippen LogP contribution in [0.2, 0.25) is 0 Å². The number of aryl methyl sites for hydroxylation is 1. The van der Waals surface area contributed by atoms with E-state index in [2.05, 4.69) is 41.2 Å². The molecule has 1 fully saturated rings. The minimum atomic E-state index is -0.470. The van der Waals surface area contributed by atoms with Crippen LogP contribution in [0.1, 0.15) is 38.2 Å². The van der Waals surface area contributed by atoms with Crippen molar-refractivity contribution in [1.82, 2.24) is 0 Å². The molecule has 1 aliphatic rings. The quantitative estimate of drug-likeness (QED) is 0.806. The summed E-state index contributed by atoms with van der Waals surface area (Å²) >= 11 is 3.46. The molecule has 0 spiro atoms. The maximum absolute atomic E-state index is 10.1. The summed E-state index contributed by atoms with van der Waals surface area (Å²) in [5.41, 5.74) is 2.22. The number of hydrogen-bond donors (Lipinski definition) is 2. The van der Waals surface area contributed by atoms with Crippen molar-refractivity contribution in [1.29, 1.82) is 0 Å². The molecule has 0 amide bonds. The van der Waals surface area contributed by atoms with Gasteiger partial charge in [-0.2, -0.15) is 0 Å². The lowest BCUT2D eigenvalue weighted by Crippen LogP contribution is -2.29. The van der Waals surface area contributed by atoms with Gasteiger partial charge < -0.3 is 15.2 Å². The van der Waals surface area contributed by atoms with Crippen LogP contribution in [0.5, 0.6) is 0 Å². The predicted octanol–water partition coefficient (Wildman–Crippen LogP) is 4.13. The number of rotatable bonds is 6. The van der Waals surface area contributed by atoms with Crippen LogP contribution in [0, 0.1) is 12.8 Å². The molecule has 0 aliphatic heterocycles. The molecule has 2 rings (SSSR count). The van der Waals surface area contributed by atoms with Crippen LogP contribution in [0.3, 0.4) is 0 Å². The van der Waals surface area contributed by atoms with Crippen LogP contribution in [-0.4, -0.2) is 30.5 Å². The van der Waals surface area contributed by atoms with Crippen LogP contribution in [-0.2, 0) is 4.74 Å². The van der Waals surface area contributed by atoms with Crippen molar-refractivity contribution in [2.24, 2.45) is 5.92 Å². The van der Waals surface area contributed by atoms with E-state index in [9.17, 15) is 5.11 Å². The van der Waals surface area contributed by atoms with Gasteiger partial charge in [0, 0.05) is 16.7 Å². The van der Waals surface area contributed by atoms with Crippen LogP contribution in [0.15, 0.2) is 22.7 Å². The Morgan fingerprint density at radius 3 is 2.76 bits per heavy atom. The van der Waals surface area contributed by atoms with E-state index >= 15 is 0 Å². The van der Waals surface area contributed by atoms with Gasteiger partial charge in [-0.15, -0.1) is 0 Å². The molecule has 4 heteroatoms. The number of benzene rings is 1. The summed E-state index contributed by atoms with van der Waals surface area (Å²) in [6, 6.07) is 6.11. The molecule has 21 heavy (non-hydrogen) atoms. The van der Waals surface area contributed by atoms with Gasteiger partial charge in [-0.25, -0.2) is 0 Å². The Bertz CT molecular complexity index is 444. The minimum absolute atomic E-state index is 0.337. The maximum atomic E-state index is 10.1. The van der Waals surface area contributed by atoms with Gasteiger partial charge in [0.05, 0.1) is 18.8 Å². The number of aliphatic hydroxyl groups is 1. The first-order valence-corrected chi connectivity index (χ1v) is 8.63. The van der Waals surface area contributed by atoms with E-state index in [-0.39, 0.29) is 0 Å². The second-order valence-electron chi connectivity index (χ2n) is 6.21. The summed E-state index contributed by atoms with van der Waals surface area (Å²) in [5, 5.41) is 13.3. The van der Waals surface area contributed by atoms with E-state index in [0.717, 1.165) is 28.9 Å². The predicted molar refractivity (Wildman–Crippen MR) is 90.7 cm³/mol. The van der Waals surface area contributed by atoms with Gasteiger partial charge >= 0.3 is 0 Å². The maximum Gasteiger partial charge on any atom is 0.0945 e. The van der Waals surface area contributed by atoms with Crippen molar-refractivity contribution < 1.29 is 9.84 Å². The van der Waals surface area contributed by atoms with Crippen LogP contribution < -0.4 is 5.32 Å². The fourth-order valence-electron chi connectivity index (χ4n) is 2.71. The monoisotopic (exact) mass is 355 g/mol. The molecule has 0 radical (unpaired) electrons. The van der Waals surface area contributed by atoms with Gasteiger partial charge in [0.2, 0.25) is 0 Å². The lowest BCUT2D eigenvalue weighted by Gasteiger charge is -2.27. The molecule has 1 unspecified atom stereocenters.